The maximum Gasteiger partial charge on any atom is 0.0620 e. The maximum atomic E-state index is 5.35. The summed E-state index contributed by atoms with van der Waals surface area (Å²) in [5, 5.41) is 3.45. The quantitative estimate of drug-likeness (QED) is 0.669. The molecule has 0 saturated carbocycles. The second-order valence-electron chi connectivity index (χ2n) is 3.70. The van der Waals surface area contributed by atoms with Gasteiger partial charge in [0.05, 0.1) is 13.2 Å². The highest BCUT2D eigenvalue weighted by molar-refractivity contribution is 4.70. The predicted molar refractivity (Wildman–Crippen MR) is 46.7 cm³/mol. The molecule has 1 saturated heterocycles. The van der Waals surface area contributed by atoms with E-state index in [0.29, 0.717) is 6.04 Å². The first-order valence-electron chi connectivity index (χ1n) is 4.60. The van der Waals surface area contributed by atoms with Crippen molar-refractivity contribution < 1.29 is 4.74 Å². The third-order valence-corrected chi connectivity index (χ3v) is 2.09. The normalized spacial score (nSPS) is 25.9. The molecule has 2 nitrogen and oxygen atoms in total. The lowest BCUT2D eigenvalue weighted by molar-refractivity contribution is 0.0725. The Morgan fingerprint density at radius 1 is 1.55 bits per heavy atom. The molecule has 0 aliphatic carbocycles. The Morgan fingerprint density at radius 3 is 2.91 bits per heavy atom. The van der Waals surface area contributed by atoms with Crippen molar-refractivity contribution in [1.82, 2.24) is 5.32 Å². The standard InChI is InChI=1S/C9H19NO/c1-8(2)3-4-9-7-11-6-5-10-9/h8-10H,3-7H2,1-2H3/t9-/m1/s1. The summed E-state index contributed by atoms with van der Waals surface area (Å²) in [5.74, 6) is 0.818. The van der Waals surface area contributed by atoms with Gasteiger partial charge in [0.2, 0.25) is 0 Å². The van der Waals surface area contributed by atoms with Crippen LogP contribution in [0, 0.1) is 5.92 Å². The van der Waals surface area contributed by atoms with E-state index in [1.165, 1.54) is 12.8 Å². The van der Waals surface area contributed by atoms with Gasteiger partial charge < -0.3 is 10.1 Å². The minimum absolute atomic E-state index is 0.617. The Bertz CT molecular complexity index is 97.7. The van der Waals surface area contributed by atoms with Gasteiger partial charge in [0.25, 0.3) is 0 Å². The summed E-state index contributed by atoms with van der Waals surface area (Å²) in [6, 6.07) is 0.617. The van der Waals surface area contributed by atoms with Crippen molar-refractivity contribution in [3.63, 3.8) is 0 Å². The monoisotopic (exact) mass is 157 g/mol. The van der Waals surface area contributed by atoms with E-state index < -0.39 is 0 Å². The van der Waals surface area contributed by atoms with Crippen molar-refractivity contribution in [2.45, 2.75) is 32.7 Å². The molecule has 0 amide bonds. The summed E-state index contributed by atoms with van der Waals surface area (Å²) < 4.78 is 5.35. The lowest BCUT2D eigenvalue weighted by Gasteiger charge is -2.24. The largest absolute Gasteiger partial charge is 0.379 e. The van der Waals surface area contributed by atoms with Crippen molar-refractivity contribution in [3.8, 4) is 0 Å². The number of nitrogens with one attached hydrogen (secondary N) is 1. The molecular formula is C9H19NO. The average Bonchev–Trinajstić information content (AvgIpc) is 2.03. The van der Waals surface area contributed by atoms with Gasteiger partial charge in [-0.2, -0.15) is 0 Å². The molecule has 0 aromatic rings. The van der Waals surface area contributed by atoms with Crippen LogP contribution in [0.4, 0.5) is 0 Å². The van der Waals surface area contributed by atoms with Gasteiger partial charge in [-0.3, -0.25) is 0 Å². The minimum Gasteiger partial charge on any atom is -0.379 e. The number of hydrogen-bond acceptors (Lipinski definition) is 2. The Labute approximate surface area is 69.3 Å². The third-order valence-electron chi connectivity index (χ3n) is 2.09. The fraction of sp³-hybridized carbons (Fsp3) is 1.00. The van der Waals surface area contributed by atoms with Crippen molar-refractivity contribution in [1.29, 1.82) is 0 Å². The highest BCUT2D eigenvalue weighted by atomic mass is 16.5. The predicted octanol–water partition coefficient (Wildman–Crippen LogP) is 1.41. The zero-order chi connectivity index (χ0) is 8.10. The number of morpholine rings is 1. The molecule has 0 aromatic heterocycles. The van der Waals surface area contributed by atoms with Gasteiger partial charge in [0.15, 0.2) is 0 Å². The van der Waals surface area contributed by atoms with E-state index >= 15 is 0 Å². The molecule has 1 fully saturated rings. The van der Waals surface area contributed by atoms with Crippen molar-refractivity contribution in [3.05, 3.63) is 0 Å². The first-order chi connectivity index (χ1) is 5.29. The van der Waals surface area contributed by atoms with E-state index in [2.05, 4.69) is 19.2 Å². The Hall–Kier alpha value is -0.0800. The molecule has 1 heterocycles. The van der Waals surface area contributed by atoms with Crippen LogP contribution in [0.1, 0.15) is 26.7 Å². The van der Waals surface area contributed by atoms with Crippen molar-refractivity contribution in [2.24, 2.45) is 5.92 Å². The molecule has 0 unspecified atom stereocenters. The SMILES string of the molecule is CC(C)CC[C@@H]1COCCN1. The average molecular weight is 157 g/mol. The minimum atomic E-state index is 0.617. The van der Waals surface area contributed by atoms with E-state index in [1.807, 2.05) is 0 Å². The van der Waals surface area contributed by atoms with Gasteiger partial charge in [-0.15, -0.1) is 0 Å². The third kappa shape index (κ3) is 3.73. The molecule has 66 valence electrons. The summed E-state index contributed by atoms with van der Waals surface area (Å²) in [6.45, 7) is 7.36. The second-order valence-corrected chi connectivity index (χ2v) is 3.70. The van der Waals surface area contributed by atoms with Gasteiger partial charge >= 0.3 is 0 Å². The van der Waals surface area contributed by atoms with Crippen LogP contribution in [0.25, 0.3) is 0 Å². The summed E-state index contributed by atoms with van der Waals surface area (Å²) >= 11 is 0. The Balaban J connectivity index is 2.05. The summed E-state index contributed by atoms with van der Waals surface area (Å²) in [7, 11) is 0. The van der Waals surface area contributed by atoms with E-state index in [-0.39, 0.29) is 0 Å². The zero-order valence-corrected chi connectivity index (χ0v) is 7.60. The molecule has 1 aliphatic rings. The molecular weight excluding hydrogens is 138 g/mol. The topological polar surface area (TPSA) is 21.3 Å². The maximum absolute atomic E-state index is 5.35. The van der Waals surface area contributed by atoms with Crippen LogP contribution < -0.4 is 5.32 Å². The van der Waals surface area contributed by atoms with Gasteiger partial charge in [0.1, 0.15) is 0 Å². The fourth-order valence-corrected chi connectivity index (χ4v) is 1.34. The lowest BCUT2D eigenvalue weighted by atomic mass is 10.0. The Morgan fingerprint density at radius 2 is 2.36 bits per heavy atom. The summed E-state index contributed by atoms with van der Waals surface area (Å²) in [4.78, 5) is 0. The van der Waals surface area contributed by atoms with Gasteiger partial charge in [-0.05, 0) is 18.8 Å². The van der Waals surface area contributed by atoms with E-state index in [0.717, 1.165) is 25.7 Å². The molecule has 0 spiro atoms. The highest BCUT2D eigenvalue weighted by Gasteiger charge is 2.12. The van der Waals surface area contributed by atoms with Crippen LogP contribution >= 0.6 is 0 Å². The summed E-state index contributed by atoms with van der Waals surface area (Å²) in [6.07, 6.45) is 2.57. The summed E-state index contributed by atoms with van der Waals surface area (Å²) in [5.41, 5.74) is 0. The molecule has 1 aliphatic heterocycles. The van der Waals surface area contributed by atoms with E-state index in [1.54, 1.807) is 0 Å². The van der Waals surface area contributed by atoms with Crippen LogP contribution in [-0.2, 0) is 4.74 Å². The van der Waals surface area contributed by atoms with E-state index in [4.69, 9.17) is 4.74 Å². The lowest BCUT2D eigenvalue weighted by Crippen LogP contribution is -2.41. The number of ether oxygens (including phenoxy) is 1. The van der Waals surface area contributed by atoms with Gasteiger partial charge in [-0.1, -0.05) is 13.8 Å². The van der Waals surface area contributed by atoms with Crippen LogP contribution in [0.5, 0.6) is 0 Å². The number of rotatable bonds is 3. The molecule has 1 rings (SSSR count). The van der Waals surface area contributed by atoms with Gasteiger partial charge in [-0.25, -0.2) is 0 Å². The molecule has 0 aromatic carbocycles. The molecule has 2 heteroatoms. The number of hydrogen-bond donors (Lipinski definition) is 1. The Kier molecular flexibility index (Phi) is 3.87. The highest BCUT2D eigenvalue weighted by Crippen LogP contribution is 2.08. The molecule has 0 bridgehead atoms. The van der Waals surface area contributed by atoms with Gasteiger partial charge in [0, 0.05) is 12.6 Å². The molecule has 1 N–H and O–H groups in total. The van der Waals surface area contributed by atoms with Crippen LogP contribution in [0.3, 0.4) is 0 Å². The first-order valence-corrected chi connectivity index (χ1v) is 4.60. The smallest absolute Gasteiger partial charge is 0.0620 e. The zero-order valence-electron chi connectivity index (χ0n) is 7.60. The first kappa shape index (κ1) is 9.01. The molecule has 1 atom stereocenters. The van der Waals surface area contributed by atoms with Crippen molar-refractivity contribution in [2.75, 3.05) is 19.8 Å². The van der Waals surface area contributed by atoms with Crippen LogP contribution in [-0.4, -0.2) is 25.8 Å². The second kappa shape index (κ2) is 4.73. The fourth-order valence-electron chi connectivity index (χ4n) is 1.34. The van der Waals surface area contributed by atoms with Crippen molar-refractivity contribution >= 4 is 0 Å². The van der Waals surface area contributed by atoms with E-state index in [9.17, 15) is 0 Å². The van der Waals surface area contributed by atoms with Crippen LogP contribution in [0.2, 0.25) is 0 Å². The molecule has 0 radical (unpaired) electrons. The molecule has 11 heavy (non-hydrogen) atoms. The van der Waals surface area contributed by atoms with Crippen LogP contribution in [0.15, 0.2) is 0 Å².